The number of hydrogen-bond donors (Lipinski definition) is 2. The lowest BCUT2D eigenvalue weighted by Gasteiger charge is -2.17. The molecule has 1 aliphatic rings. The van der Waals surface area contributed by atoms with Crippen LogP contribution in [-0.4, -0.2) is 31.2 Å². The quantitative estimate of drug-likeness (QED) is 0.834. The third-order valence-corrected chi connectivity index (χ3v) is 3.65. The molecular formula is C15H24N4O. The number of amides is 2. The minimum atomic E-state index is -0.128. The molecule has 0 atom stereocenters. The van der Waals surface area contributed by atoms with Gasteiger partial charge in [-0.1, -0.05) is 25.7 Å². The summed E-state index contributed by atoms with van der Waals surface area (Å²) >= 11 is 0. The fraction of sp³-hybridized carbons (Fsp3) is 0.600. The lowest BCUT2D eigenvalue weighted by Crippen LogP contribution is -2.37. The van der Waals surface area contributed by atoms with E-state index < -0.39 is 0 Å². The summed E-state index contributed by atoms with van der Waals surface area (Å²) in [4.78, 5) is 18.2. The van der Waals surface area contributed by atoms with Crippen LogP contribution in [0, 0.1) is 0 Å². The van der Waals surface area contributed by atoms with E-state index in [-0.39, 0.29) is 6.03 Å². The molecule has 5 heteroatoms. The van der Waals surface area contributed by atoms with Crippen LogP contribution in [0.15, 0.2) is 18.3 Å². The highest BCUT2D eigenvalue weighted by atomic mass is 16.2. The zero-order chi connectivity index (χ0) is 14.4. The smallest absolute Gasteiger partial charge is 0.319 e. The molecule has 1 fully saturated rings. The number of carbonyl (C=O) groups excluding carboxylic acids is 1. The summed E-state index contributed by atoms with van der Waals surface area (Å²) in [6.45, 7) is 0. The highest BCUT2D eigenvalue weighted by molar-refractivity contribution is 5.89. The van der Waals surface area contributed by atoms with E-state index in [1.54, 1.807) is 6.20 Å². The van der Waals surface area contributed by atoms with Gasteiger partial charge in [0.05, 0.1) is 11.9 Å². The van der Waals surface area contributed by atoms with Gasteiger partial charge in [-0.15, -0.1) is 0 Å². The van der Waals surface area contributed by atoms with Crippen molar-refractivity contribution < 1.29 is 4.79 Å². The fourth-order valence-corrected chi connectivity index (χ4v) is 2.50. The number of rotatable bonds is 3. The monoisotopic (exact) mass is 276 g/mol. The molecule has 2 N–H and O–H groups in total. The summed E-state index contributed by atoms with van der Waals surface area (Å²) in [7, 11) is 3.88. The Bertz CT molecular complexity index is 422. The summed E-state index contributed by atoms with van der Waals surface area (Å²) in [5.74, 6) is 0.875. The highest BCUT2D eigenvalue weighted by Gasteiger charge is 2.14. The Kier molecular flexibility index (Phi) is 5.21. The molecule has 1 heterocycles. The first-order valence-corrected chi connectivity index (χ1v) is 7.36. The Hall–Kier alpha value is -1.78. The van der Waals surface area contributed by atoms with Crippen molar-refractivity contribution in [3.63, 3.8) is 0 Å². The van der Waals surface area contributed by atoms with Gasteiger partial charge in [-0.25, -0.2) is 9.78 Å². The Morgan fingerprint density at radius 1 is 1.20 bits per heavy atom. The van der Waals surface area contributed by atoms with Crippen LogP contribution < -0.4 is 15.5 Å². The van der Waals surface area contributed by atoms with Crippen molar-refractivity contribution >= 4 is 17.5 Å². The molecule has 0 aliphatic heterocycles. The molecule has 1 aliphatic carbocycles. The zero-order valence-electron chi connectivity index (χ0n) is 12.4. The number of nitrogens with one attached hydrogen (secondary N) is 2. The van der Waals surface area contributed by atoms with Crippen LogP contribution in [0.1, 0.15) is 38.5 Å². The Balaban J connectivity index is 1.84. The van der Waals surface area contributed by atoms with Crippen LogP contribution in [0.2, 0.25) is 0 Å². The van der Waals surface area contributed by atoms with Crippen molar-refractivity contribution in [1.29, 1.82) is 0 Å². The van der Waals surface area contributed by atoms with E-state index in [2.05, 4.69) is 15.6 Å². The average Bonchev–Trinajstić information content (AvgIpc) is 2.68. The van der Waals surface area contributed by atoms with Gasteiger partial charge >= 0.3 is 6.03 Å². The van der Waals surface area contributed by atoms with Crippen molar-refractivity contribution in [2.75, 3.05) is 24.3 Å². The second-order valence-electron chi connectivity index (χ2n) is 5.59. The van der Waals surface area contributed by atoms with Crippen LogP contribution in [-0.2, 0) is 0 Å². The van der Waals surface area contributed by atoms with Crippen molar-refractivity contribution in [1.82, 2.24) is 10.3 Å². The topological polar surface area (TPSA) is 57.3 Å². The van der Waals surface area contributed by atoms with Gasteiger partial charge in [0.25, 0.3) is 0 Å². The first-order valence-electron chi connectivity index (χ1n) is 7.36. The van der Waals surface area contributed by atoms with Gasteiger partial charge in [-0.3, -0.25) is 0 Å². The molecule has 110 valence electrons. The second kappa shape index (κ2) is 7.12. The molecule has 0 spiro atoms. The van der Waals surface area contributed by atoms with Crippen molar-refractivity contribution in [3.05, 3.63) is 18.3 Å². The van der Waals surface area contributed by atoms with Gasteiger partial charge in [-0.05, 0) is 25.0 Å². The van der Waals surface area contributed by atoms with Crippen LogP contribution in [0.3, 0.4) is 0 Å². The minimum Gasteiger partial charge on any atom is -0.363 e. The molecule has 20 heavy (non-hydrogen) atoms. The number of carbonyl (C=O) groups is 1. The molecule has 0 saturated heterocycles. The molecule has 0 aromatic carbocycles. The summed E-state index contributed by atoms with van der Waals surface area (Å²) in [6.07, 6.45) is 8.86. The van der Waals surface area contributed by atoms with Gasteiger partial charge in [0, 0.05) is 20.1 Å². The van der Waals surface area contributed by atoms with Crippen molar-refractivity contribution in [2.45, 2.75) is 44.6 Å². The number of pyridine rings is 1. The van der Waals surface area contributed by atoms with Crippen molar-refractivity contribution in [3.8, 4) is 0 Å². The van der Waals surface area contributed by atoms with Crippen LogP contribution >= 0.6 is 0 Å². The van der Waals surface area contributed by atoms with Gasteiger partial charge in [0.2, 0.25) is 0 Å². The average molecular weight is 276 g/mol. The van der Waals surface area contributed by atoms with Crippen LogP contribution in [0.4, 0.5) is 16.3 Å². The van der Waals surface area contributed by atoms with E-state index >= 15 is 0 Å². The molecule has 1 saturated carbocycles. The maximum atomic E-state index is 12.0. The van der Waals surface area contributed by atoms with E-state index in [1.807, 2.05) is 31.1 Å². The molecule has 1 aromatic heterocycles. The van der Waals surface area contributed by atoms with Gasteiger partial charge in [0.1, 0.15) is 5.82 Å². The number of nitrogens with zero attached hydrogens (tertiary/aromatic N) is 2. The molecule has 0 radical (unpaired) electrons. The molecule has 5 nitrogen and oxygen atoms in total. The first kappa shape index (κ1) is 14.6. The Labute approximate surface area is 120 Å². The highest BCUT2D eigenvalue weighted by Crippen LogP contribution is 2.17. The summed E-state index contributed by atoms with van der Waals surface area (Å²) in [6, 6.07) is 3.94. The van der Waals surface area contributed by atoms with E-state index in [4.69, 9.17) is 0 Å². The van der Waals surface area contributed by atoms with Gasteiger partial charge in [0.15, 0.2) is 0 Å². The zero-order valence-corrected chi connectivity index (χ0v) is 12.4. The fourth-order valence-electron chi connectivity index (χ4n) is 2.50. The molecule has 0 unspecified atom stereocenters. The molecule has 2 rings (SSSR count). The maximum absolute atomic E-state index is 12.0. The van der Waals surface area contributed by atoms with E-state index in [0.29, 0.717) is 6.04 Å². The predicted molar refractivity (Wildman–Crippen MR) is 82.2 cm³/mol. The van der Waals surface area contributed by atoms with Crippen LogP contribution in [0.5, 0.6) is 0 Å². The lowest BCUT2D eigenvalue weighted by molar-refractivity contribution is 0.247. The van der Waals surface area contributed by atoms with Gasteiger partial charge in [-0.2, -0.15) is 0 Å². The SMILES string of the molecule is CN(C)c1ccc(NC(=O)NC2CCCCCC2)cn1. The first-order chi connectivity index (χ1) is 9.65. The van der Waals surface area contributed by atoms with Crippen molar-refractivity contribution in [2.24, 2.45) is 0 Å². The number of anilines is 2. The van der Waals surface area contributed by atoms with E-state index in [1.165, 1.54) is 25.7 Å². The largest absolute Gasteiger partial charge is 0.363 e. The number of aromatic nitrogens is 1. The van der Waals surface area contributed by atoms with Crippen LogP contribution in [0.25, 0.3) is 0 Å². The molecule has 1 aromatic rings. The summed E-state index contributed by atoms with van der Waals surface area (Å²) < 4.78 is 0. The predicted octanol–water partition coefficient (Wildman–Crippen LogP) is 2.99. The Morgan fingerprint density at radius 3 is 2.45 bits per heavy atom. The Morgan fingerprint density at radius 2 is 1.90 bits per heavy atom. The number of urea groups is 1. The molecule has 0 bridgehead atoms. The van der Waals surface area contributed by atoms with E-state index in [9.17, 15) is 4.79 Å². The minimum absolute atomic E-state index is 0.128. The maximum Gasteiger partial charge on any atom is 0.319 e. The third-order valence-electron chi connectivity index (χ3n) is 3.65. The molecular weight excluding hydrogens is 252 g/mol. The van der Waals surface area contributed by atoms with Gasteiger partial charge < -0.3 is 15.5 Å². The number of hydrogen-bond acceptors (Lipinski definition) is 3. The summed E-state index contributed by atoms with van der Waals surface area (Å²) in [5.41, 5.74) is 0.724. The second-order valence-corrected chi connectivity index (χ2v) is 5.59. The van der Waals surface area contributed by atoms with E-state index in [0.717, 1.165) is 24.3 Å². The molecule has 2 amide bonds. The standard InChI is InChI=1S/C15H24N4O/c1-19(2)14-10-9-13(11-16-14)18-15(20)17-12-7-5-3-4-6-8-12/h9-12H,3-8H2,1-2H3,(H2,17,18,20). The lowest BCUT2D eigenvalue weighted by atomic mass is 10.1. The normalized spacial score (nSPS) is 16.3. The summed E-state index contributed by atoms with van der Waals surface area (Å²) in [5, 5.41) is 5.90. The third kappa shape index (κ3) is 4.40.